The van der Waals surface area contributed by atoms with Gasteiger partial charge in [0.15, 0.2) is 0 Å². The summed E-state index contributed by atoms with van der Waals surface area (Å²) in [6.45, 7) is 0. The predicted octanol–water partition coefficient (Wildman–Crippen LogP) is 0.684. The number of rotatable bonds is 4. The molecular weight excluding hydrogens is 258 g/mol. The van der Waals surface area contributed by atoms with Gasteiger partial charge in [0.2, 0.25) is 21.8 Å². The van der Waals surface area contributed by atoms with Gasteiger partial charge in [0, 0.05) is 0 Å². The van der Waals surface area contributed by atoms with Crippen molar-refractivity contribution < 1.29 is 26.7 Å². The monoisotopic (exact) mass is 268 g/mol. The summed E-state index contributed by atoms with van der Waals surface area (Å²) in [5.74, 6) is -0.807. The zero-order valence-electron chi connectivity index (χ0n) is 8.98. The maximum atomic E-state index is 12.6. The molecule has 0 fully saturated rings. The van der Waals surface area contributed by atoms with Gasteiger partial charge in [-0.1, -0.05) is 0 Å². The first-order chi connectivity index (χ1) is 7.81. The lowest BCUT2D eigenvalue weighted by atomic mass is 10.3. The van der Waals surface area contributed by atoms with Gasteiger partial charge in [-0.25, -0.2) is 22.3 Å². The Hall–Kier alpha value is -1.48. The normalized spacial score (nSPS) is 11.6. The highest BCUT2D eigenvalue weighted by Gasteiger charge is 2.24. The fourth-order valence-corrected chi connectivity index (χ4v) is 1.81. The molecule has 0 radical (unpaired) electrons. The van der Waals surface area contributed by atoms with E-state index in [2.05, 4.69) is 14.5 Å². The standard InChI is InChI=1S/C8H10F2N2O4S/c1-15-7-4(6(9)10)3-5(17(11,13)14)8(12-7)16-2/h3,6H,1-2H3,(H2,11,13,14). The lowest BCUT2D eigenvalue weighted by Crippen LogP contribution is -2.15. The minimum absolute atomic E-state index is 0.395. The summed E-state index contributed by atoms with van der Waals surface area (Å²) >= 11 is 0. The largest absolute Gasteiger partial charge is 0.481 e. The highest BCUT2D eigenvalue weighted by Crippen LogP contribution is 2.33. The van der Waals surface area contributed by atoms with Crippen molar-refractivity contribution >= 4 is 10.0 Å². The molecule has 0 unspecified atom stereocenters. The van der Waals surface area contributed by atoms with E-state index in [1.807, 2.05) is 0 Å². The molecule has 2 N–H and O–H groups in total. The van der Waals surface area contributed by atoms with Crippen molar-refractivity contribution in [3.05, 3.63) is 11.6 Å². The number of ether oxygens (including phenoxy) is 2. The third-order valence-electron chi connectivity index (χ3n) is 1.88. The molecule has 0 amide bonds. The molecule has 0 spiro atoms. The van der Waals surface area contributed by atoms with Crippen molar-refractivity contribution in [1.29, 1.82) is 0 Å². The number of alkyl halides is 2. The number of nitrogens with two attached hydrogens (primary N) is 1. The van der Waals surface area contributed by atoms with Gasteiger partial charge in [-0.3, -0.25) is 0 Å². The summed E-state index contributed by atoms with van der Waals surface area (Å²) in [5, 5.41) is 4.86. The van der Waals surface area contributed by atoms with Gasteiger partial charge in [0.25, 0.3) is 6.43 Å². The Morgan fingerprint density at radius 3 is 2.18 bits per heavy atom. The number of nitrogens with zero attached hydrogens (tertiary/aromatic N) is 1. The summed E-state index contributed by atoms with van der Waals surface area (Å²) in [5.41, 5.74) is -0.669. The molecule has 0 aromatic carbocycles. The van der Waals surface area contributed by atoms with E-state index >= 15 is 0 Å². The molecular formula is C8H10F2N2O4S. The van der Waals surface area contributed by atoms with Gasteiger partial charge in [0.05, 0.1) is 19.8 Å². The molecule has 1 aromatic rings. The Labute approximate surface area is 96.4 Å². The van der Waals surface area contributed by atoms with E-state index in [9.17, 15) is 17.2 Å². The molecule has 0 bridgehead atoms. The number of primary sulfonamides is 1. The molecule has 96 valence electrons. The summed E-state index contributed by atoms with van der Waals surface area (Å²) in [6, 6.07) is 0.685. The molecule has 0 saturated heterocycles. The Kier molecular flexibility index (Phi) is 3.83. The van der Waals surface area contributed by atoms with Crippen molar-refractivity contribution in [2.75, 3.05) is 14.2 Å². The number of hydrogen-bond acceptors (Lipinski definition) is 5. The van der Waals surface area contributed by atoms with Crippen LogP contribution in [0.5, 0.6) is 11.8 Å². The Morgan fingerprint density at radius 1 is 1.29 bits per heavy atom. The van der Waals surface area contributed by atoms with Crippen LogP contribution in [0.1, 0.15) is 12.0 Å². The van der Waals surface area contributed by atoms with Gasteiger partial charge in [0.1, 0.15) is 4.90 Å². The van der Waals surface area contributed by atoms with E-state index in [4.69, 9.17) is 5.14 Å². The molecule has 0 aliphatic heterocycles. The third kappa shape index (κ3) is 2.80. The second kappa shape index (κ2) is 4.80. The second-order valence-corrected chi connectivity index (χ2v) is 4.47. The lowest BCUT2D eigenvalue weighted by molar-refractivity contribution is 0.145. The molecule has 1 rings (SSSR count). The fourth-order valence-electron chi connectivity index (χ4n) is 1.15. The van der Waals surface area contributed by atoms with Gasteiger partial charge in [-0.05, 0) is 6.07 Å². The number of aromatic nitrogens is 1. The van der Waals surface area contributed by atoms with Crippen molar-refractivity contribution in [3.8, 4) is 11.8 Å². The van der Waals surface area contributed by atoms with Crippen molar-refractivity contribution in [3.63, 3.8) is 0 Å². The van der Waals surface area contributed by atoms with E-state index < -0.39 is 38.7 Å². The number of methoxy groups -OCH3 is 2. The highest BCUT2D eigenvalue weighted by molar-refractivity contribution is 7.89. The molecule has 0 saturated carbocycles. The lowest BCUT2D eigenvalue weighted by Gasteiger charge is -2.11. The summed E-state index contributed by atoms with van der Waals surface area (Å²) in [7, 11) is -1.94. The van der Waals surface area contributed by atoms with Crippen LogP contribution in [-0.2, 0) is 10.0 Å². The van der Waals surface area contributed by atoms with Crippen LogP contribution in [0.15, 0.2) is 11.0 Å². The fraction of sp³-hybridized carbons (Fsp3) is 0.375. The smallest absolute Gasteiger partial charge is 0.269 e. The van der Waals surface area contributed by atoms with E-state index in [0.717, 1.165) is 14.2 Å². The molecule has 0 aliphatic carbocycles. The maximum Gasteiger partial charge on any atom is 0.269 e. The molecule has 6 nitrogen and oxygen atoms in total. The van der Waals surface area contributed by atoms with Gasteiger partial charge < -0.3 is 9.47 Å². The number of pyridine rings is 1. The van der Waals surface area contributed by atoms with Gasteiger partial charge in [-0.15, -0.1) is 0 Å². The van der Waals surface area contributed by atoms with Crippen LogP contribution < -0.4 is 14.6 Å². The average Bonchev–Trinajstić information content (AvgIpc) is 2.25. The number of halogens is 2. The zero-order valence-corrected chi connectivity index (χ0v) is 9.79. The summed E-state index contributed by atoms with van der Waals surface area (Å²) in [6.07, 6.45) is -2.94. The van der Waals surface area contributed by atoms with Gasteiger partial charge in [-0.2, -0.15) is 4.98 Å². The number of sulfonamides is 1. The topological polar surface area (TPSA) is 91.5 Å². The molecule has 1 aromatic heterocycles. The maximum absolute atomic E-state index is 12.6. The minimum Gasteiger partial charge on any atom is -0.481 e. The van der Waals surface area contributed by atoms with Crippen molar-refractivity contribution in [2.45, 2.75) is 11.3 Å². The average molecular weight is 268 g/mol. The third-order valence-corrected chi connectivity index (χ3v) is 2.78. The molecule has 0 aliphatic rings. The Bertz CT molecular complexity index is 519. The van der Waals surface area contributed by atoms with E-state index in [0.29, 0.717) is 6.07 Å². The van der Waals surface area contributed by atoms with E-state index in [1.54, 1.807) is 0 Å². The first-order valence-electron chi connectivity index (χ1n) is 4.25. The second-order valence-electron chi connectivity index (χ2n) is 2.94. The molecule has 17 heavy (non-hydrogen) atoms. The predicted molar refractivity (Wildman–Crippen MR) is 53.7 cm³/mol. The van der Waals surface area contributed by atoms with Crippen LogP contribution in [0.2, 0.25) is 0 Å². The van der Waals surface area contributed by atoms with E-state index in [1.165, 1.54) is 0 Å². The summed E-state index contributed by atoms with van der Waals surface area (Å²) < 4.78 is 56.8. The number of hydrogen-bond donors (Lipinski definition) is 1. The van der Waals surface area contributed by atoms with E-state index in [-0.39, 0.29) is 0 Å². The SMILES string of the molecule is COc1nc(OC)c(S(N)(=O)=O)cc1C(F)F. The van der Waals surface area contributed by atoms with Gasteiger partial charge >= 0.3 is 0 Å². The first kappa shape index (κ1) is 13.6. The molecule has 9 heteroatoms. The van der Waals surface area contributed by atoms with Crippen LogP contribution in [0, 0.1) is 0 Å². The zero-order chi connectivity index (χ0) is 13.2. The van der Waals surface area contributed by atoms with Crippen LogP contribution in [0.3, 0.4) is 0 Å². The van der Waals surface area contributed by atoms with Crippen molar-refractivity contribution in [1.82, 2.24) is 4.98 Å². The molecule has 1 heterocycles. The first-order valence-corrected chi connectivity index (χ1v) is 5.79. The van der Waals surface area contributed by atoms with Crippen LogP contribution in [0.25, 0.3) is 0 Å². The summed E-state index contributed by atoms with van der Waals surface area (Å²) in [4.78, 5) is 2.90. The van der Waals surface area contributed by atoms with Crippen LogP contribution in [-0.4, -0.2) is 27.6 Å². The highest BCUT2D eigenvalue weighted by atomic mass is 32.2. The van der Waals surface area contributed by atoms with Crippen molar-refractivity contribution in [2.24, 2.45) is 5.14 Å². The minimum atomic E-state index is -4.20. The Balaban J connectivity index is 3.56. The van der Waals surface area contributed by atoms with Crippen LogP contribution in [0.4, 0.5) is 8.78 Å². The van der Waals surface area contributed by atoms with Crippen LogP contribution >= 0.6 is 0 Å². The quantitative estimate of drug-likeness (QED) is 0.867. The molecule has 0 atom stereocenters. The Morgan fingerprint density at radius 2 is 1.82 bits per heavy atom.